The summed E-state index contributed by atoms with van der Waals surface area (Å²) in [4.78, 5) is 14.7. The lowest BCUT2D eigenvalue weighted by Crippen LogP contribution is -2.27. The molecule has 0 spiro atoms. The summed E-state index contributed by atoms with van der Waals surface area (Å²) in [5, 5.41) is 0.982. The first-order valence-electron chi connectivity index (χ1n) is 10.2. The van der Waals surface area contributed by atoms with E-state index < -0.39 is 5.82 Å². The third kappa shape index (κ3) is 5.55. The Morgan fingerprint density at radius 3 is 2.56 bits per heavy atom. The number of halogens is 3. The molecule has 1 saturated heterocycles. The van der Waals surface area contributed by atoms with Crippen molar-refractivity contribution >= 4 is 69.2 Å². The van der Waals surface area contributed by atoms with Crippen molar-refractivity contribution in [3.63, 3.8) is 0 Å². The van der Waals surface area contributed by atoms with Crippen LogP contribution >= 0.6 is 47.2 Å². The molecule has 1 aliphatic rings. The lowest BCUT2D eigenvalue weighted by atomic mass is 10.1. The van der Waals surface area contributed by atoms with Gasteiger partial charge in [0.05, 0.1) is 22.2 Å². The number of carbonyl (C=O) groups excluding carboxylic acids is 1. The number of ether oxygens (including phenoxy) is 2. The maximum absolute atomic E-state index is 13.7. The zero-order chi connectivity index (χ0) is 24.2. The van der Waals surface area contributed by atoms with Crippen molar-refractivity contribution < 1.29 is 18.7 Å². The second kappa shape index (κ2) is 10.8. The van der Waals surface area contributed by atoms with Gasteiger partial charge in [0, 0.05) is 5.02 Å². The number of carbonyl (C=O) groups is 1. The van der Waals surface area contributed by atoms with E-state index in [1.165, 1.54) is 23.1 Å². The average molecular weight is 534 g/mol. The van der Waals surface area contributed by atoms with Crippen LogP contribution in [0.15, 0.2) is 65.6 Å². The molecule has 9 heteroatoms. The maximum atomic E-state index is 13.7. The first-order chi connectivity index (χ1) is 16.4. The minimum absolute atomic E-state index is 0.280. The van der Waals surface area contributed by atoms with Gasteiger partial charge in [-0.05, 0) is 66.6 Å². The van der Waals surface area contributed by atoms with Crippen LogP contribution in [0.5, 0.6) is 11.5 Å². The normalized spacial score (nSPS) is 14.7. The lowest BCUT2D eigenvalue weighted by molar-refractivity contribution is -0.113. The van der Waals surface area contributed by atoms with E-state index in [0.717, 1.165) is 17.3 Å². The zero-order valence-electron chi connectivity index (χ0n) is 17.9. The summed E-state index contributed by atoms with van der Waals surface area (Å²) in [6.45, 7) is 2.54. The molecular weight excluding hydrogens is 516 g/mol. The molecule has 3 aromatic rings. The Bertz CT molecular complexity index is 1280. The third-order valence-corrected chi connectivity index (χ3v) is 6.62. The Morgan fingerprint density at radius 1 is 1.09 bits per heavy atom. The standard InChI is InChI=1S/C25H18Cl2FNO3S2/c1-2-31-21-11-16(10-20(27)23(21)32-14-15-6-8-17(26)9-7-15)12-22-24(30)29(25(33)34-22)19-5-3-4-18(28)13-19/h3-13H,2,14H2,1H3/b22-12-. The van der Waals surface area contributed by atoms with E-state index >= 15 is 0 Å². The number of nitrogens with zero attached hydrogens (tertiary/aromatic N) is 1. The highest BCUT2D eigenvalue weighted by Crippen LogP contribution is 2.40. The van der Waals surface area contributed by atoms with Gasteiger partial charge in [0.25, 0.3) is 5.91 Å². The van der Waals surface area contributed by atoms with Gasteiger partial charge >= 0.3 is 0 Å². The van der Waals surface area contributed by atoms with Crippen LogP contribution in [-0.4, -0.2) is 16.8 Å². The van der Waals surface area contributed by atoms with Gasteiger partial charge in [-0.25, -0.2) is 4.39 Å². The lowest BCUT2D eigenvalue weighted by Gasteiger charge is -2.15. The molecule has 0 atom stereocenters. The van der Waals surface area contributed by atoms with Gasteiger partial charge in [-0.2, -0.15) is 0 Å². The topological polar surface area (TPSA) is 38.8 Å². The molecule has 174 valence electrons. The molecule has 4 rings (SSSR count). The minimum atomic E-state index is -0.446. The molecule has 1 heterocycles. The fourth-order valence-corrected chi connectivity index (χ4v) is 4.97. The van der Waals surface area contributed by atoms with E-state index in [4.69, 9.17) is 44.9 Å². The number of amides is 1. The SMILES string of the molecule is CCOc1cc(/C=C2\SC(=S)N(c3cccc(F)c3)C2=O)cc(Cl)c1OCc1ccc(Cl)cc1. The van der Waals surface area contributed by atoms with Gasteiger partial charge in [-0.15, -0.1) is 0 Å². The van der Waals surface area contributed by atoms with Crippen molar-refractivity contribution in [2.24, 2.45) is 0 Å². The summed E-state index contributed by atoms with van der Waals surface area (Å²) in [6, 6.07) is 16.5. The van der Waals surface area contributed by atoms with Crippen LogP contribution in [0.3, 0.4) is 0 Å². The van der Waals surface area contributed by atoms with Crippen molar-refractivity contribution in [2.75, 3.05) is 11.5 Å². The van der Waals surface area contributed by atoms with E-state index in [0.29, 0.717) is 48.6 Å². The Kier molecular flexibility index (Phi) is 7.78. The van der Waals surface area contributed by atoms with Crippen LogP contribution in [0, 0.1) is 5.82 Å². The molecule has 1 fully saturated rings. The molecule has 0 N–H and O–H groups in total. The van der Waals surface area contributed by atoms with Crippen LogP contribution in [0.1, 0.15) is 18.1 Å². The van der Waals surface area contributed by atoms with E-state index in [2.05, 4.69) is 0 Å². The molecule has 3 aromatic carbocycles. The molecule has 0 unspecified atom stereocenters. The largest absolute Gasteiger partial charge is 0.490 e. The first-order valence-corrected chi connectivity index (χ1v) is 12.2. The maximum Gasteiger partial charge on any atom is 0.270 e. The van der Waals surface area contributed by atoms with Gasteiger partial charge < -0.3 is 9.47 Å². The molecule has 0 aliphatic carbocycles. The second-order valence-electron chi connectivity index (χ2n) is 7.18. The smallest absolute Gasteiger partial charge is 0.270 e. The van der Waals surface area contributed by atoms with Gasteiger partial charge in [0.15, 0.2) is 15.8 Å². The van der Waals surface area contributed by atoms with Crippen LogP contribution in [0.4, 0.5) is 10.1 Å². The third-order valence-electron chi connectivity index (χ3n) is 4.79. The molecule has 4 nitrogen and oxygen atoms in total. The molecule has 0 radical (unpaired) electrons. The number of hydrogen-bond donors (Lipinski definition) is 0. The Balaban J connectivity index is 1.60. The van der Waals surface area contributed by atoms with E-state index in [9.17, 15) is 9.18 Å². The van der Waals surface area contributed by atoms with E-state index in [1.54, 1.807) is 36.4 Å². The summed E-state index contributed by atoms with van der Waals surface area (Å²) < 4.78 is 25.7. The average Bonchev–Trinajstić information content (AvgIpc) is 3.07. The Morgan fingerprint density at radius 2 is 1.85 bits per heavy atom. The van der Waals surface area contributed by atoms with E-state index in [-0.39, 0.29) is 12.5 Å². The van der Waals surface area contributed by atoms with Crippen LogP contribution < -0.4 is 14.4 Å². The predicted octanol–water partition coefficient (Wildman–Crippen LogP) is 7.52. The highest BCUT2D eigenvalue weighted by Gasteiger charge is 2.33. The number of benzene rings is 3. The molecule has 1 aliphatic heterocycles. The van der Waals surface area contributed by atoms with Crippen LogP contribution in [0.2, 0.25) is 10.0 Å². The minimum Gasteiger partial charge on any atom is -0.490 e. The first kappa shape index (κ1) is 24.5. The number of hydrogen-bond acceptors (Lipinski definition) is 5. The number of anilines is 1. The molecular formula is C25H18Cl2FNO3S2. The number of thioether (sulfide) groups is 1. The van der Waals surface area contributed by atoms with Crippen molar-refractivity contribution in [2.45, 2.75) is 13.5 Å². The van der Waals surface area contributed by atoms with Crippen molar-refractivity contribution in [1.29, 1.82) is 0 Å². The van der Waals surface area contributed by atoms with Gasteiger partial charge in [0.1, 0.15) is 12.4 Å². The molecule has 34 heavy (non-hydrogen) atoms. The second-order valence-corrected chi connectivity index (χ2v) is 9.69. The summed E-state index contributed by atoms with van der Waals surface area (Å²) in [6.07, 6.45) is 1.68. The summed E-state index contributed by atoms with van der Waals surface area (Å²) >= 11 is 19.0. The number of rotatable bonds is 7. The molecule has 1 amide bonds. The van der Waals surface area contributed by atoms with Crippen molar-refractivity contribution in [1.82, 2.24) is 0 Å². The Labute approximate surface area is 216 Å². The molecule has 0 bridgehead atoms. The zero-order valence-corrected chi connectivity index (χ0v) is 21.0. The predicted molar refractivity (Wildman–Crippen MR) is 140 cm³/mol. The summed E-state index contributed by atoms with van der Waals surface area (Å²) in [5.41, 5.74) is 1.95. The Hall–Kier alpha value is -2.58. The molecule has 0 saturated carbocycles. The van der Waals surface area contributed by atoms with Crippen LogP contribution in [-0.2, 0) is 11.4 Å². The van der Waals surface area contributed by atoms with E-state index in [1.807, 2.05) is 19.1 Å². The quantitative estimate of drug-likeness (QED) is 0.232. The van der Waals surface area contributed by atoms with Gasteiger partial charge in [0.2, 0.25) is 0 Å². The number of thiocarbonyl (C=S) groups is 1. The fourth-order valence-electron chi connectivity index (χ4n) is 3.27. The monoisotopic (exact) mass is 533 g/mol. The summed E-state index contributed by atoms with van der Waals surface area (Å²) in [5.74, 6) is 0.0781. The van der Waals surface area contributed by atoms with Gasteiger partial charge in [-0.3, -0.25) is 9.69 Å². The summed E-state index contributed by atoms with van der Waals surface area (Å²) in [7, 11) is 0. The van der Waals surface area contributed by atoms with Crippen LogP contribution in [0.25, 0.3) is 6.08 Å². The van der Waals surface area contributed by atoms with Crippen molar-refractivity contribution in [3.05, 3.63) is 92.6 Å². The van der Waals surface area contributed by atoms with Gasteiger partial charge in [-0.1, -0.05) is 65.4 Å². The van der Waals surface area contributed by atoms with Crippen molar-refractivity contribution in [3.8, 4) is 11.5 Å². The highest BCUT2D eigenvalue weighted by atomic mass is 35.5. The molecule has 0 aromatic heterocycles. The fraction of sp³-hybridized carbons (Fsp3) is 0.120. The highest BCUT2D eigenvalue weighted by molar-refractivity contribution is 8.27.